The molecule has 3 aromatic rings. The van der Waals surface area contributed by atoms with Gasteiger partial charge in [-0.25, -0.2) is 0 Å². The first-order valence-electron chi connectivity index (χ1n) is 7.89. The number of carbonyl (C=O) groups is 1. The smallest absolute Gasteiger partial charge is 0.255 e. The normalized spacial score (nSPS) is 10.5. The van der Waals surface area contributed by atoms with Gasteiger partial charge in [0.15, 0.2) is 0 Å². The molecule has 0 saturated heterocycles. The van der Waals surface area contributed by atoms with Gasteiger partial charge in [-0.15, -0.1) is 0 Å². The van der Waals surface area contributed by atoms with Gasteiger partial charge in [0.25, 0.3) is 5.91 Å². The van der Waals surface area contributed by atoms with Gasteiger partial charge in [0.2, 0.25) is 0 Å². The summed E-state index contributed by atoms with van der Waals surface area (Å²) in [6, 6.07) is 17.5. The lowest BCUT2D eigenvalue weighted by Gasteiger charge is -2.20. The predicted octanol–water partition coefficient (Wildman–Crippen LogP) is 3.95. The van der Waals surface area contributed by atoms with Crippen LogP contribution in [0.15, 0.2) is 48.5 Å². The summed E-state index contributed by atoms with van der Waals surface area (Å²) in [6.45, 7) is 4.56. The molecule has 0 aliphatic carbocycles. The summed E-state index contributed by atoms with van der Waals surface area (Å²) in [6.07, 6.45) is 0. The van der Waals surface area contributed by atoms with Crippen molar-refractivity contribution in [2.45, 2.75) is 20.4 Å². The van der Waals surface area contributed by atoms with Crippen molar-refractivity contribution in [3.8, 4) is 6.07 Å². The average molecular weight is 317 g/mol. The highest BCUT2D eigenvalue weighted by atomic mass is 16.2. The molecule has 0 unspecified atom stereocenters. The highest BCUT2D eigenvalue weighted by molar-refractivity contribution is 5.99. The van der Waals surface area contributed by atoms with Crippen molar-refractivity contribution in [3.63, 3.8) is 0 Å². The topological polar surface area (TPSA) is 59.9 Å². The van der Waals surface area contributed by atoms with Crippen molar-refractivity contribution in [2.24, 2.45) is 0 Å². The van der Waals surface area contributed by atoms with Crippen LogP contribution < -0.4 is 0 Å². The number of hydrogen-bond donors (Lipinski definition) is 1. The number of rotatable bonds is 4. The zero-order valence-corrected chi connectivity index (χ0v) is 13.8. The minimum absolute atomic E-state index is 0.0664. The molecule has 0 fully saturated rings. The standard InChI is InChI=1S/C20H19N3O/c1-14-15(2)22-19-9-8-17(12-18(14)19)20(24)23(11-10-21)13-16-6-4-3-5-7-16/h3-9,12,22H,11,13H2,1-2H3. The van der Waals surface area contributed by atoms with E-state index in [2.05, 4.69) is 11.1 Å². The fourth-order valence-electron chi connectivity index (χ4n) is 2.87. The lowest BCUT2D eigenvalue weighted by Crippen LogP contribution is -2.30. The monoisotopic (exact) mass is 317 g/mol. The summed E-state index contributed by atoms with van der Waals surface area (Å²) < 4.78 is 0. The molecule has 0 spiro atoms. The highest BCUT2D eigenvalue weighted by Crippen LogP contribution is 2.23. The van der Waals surface area contributed by atoms with Crippen LogP contribution in [0.3, 0.4) is 0 Å². The number of aryl methyl sites for hydroxylation is 2. The second kappa shape index (κ2) is 6.59. The van der Waals surface area contributed by atoms with Crippen molar-refractivity contribution in [1.82, 2.24) is 9.88 Å². The molecule has 0 aliphatic heterocycles. The molecule has 0 bridgehead atoms. The Morgan fingerprint density at radius 2 is 1.92 bits per heavy atom. The van der Waals surface area contributed by atoms with Gasteiger partial charge in [0, 0.05) is 28.7 Å². The molecule has 2 aromatic carbocycles. The van der Waals surface area contributed by atoms with Crippen LogP contribution in [0.25, 0.3) is 10.9 Å². The van der Waals surface area contributed by atoms with E-state index in [0.717, 1.165) is 27.7 Å². The molecule has 120 valence electrons. The number of H-pyrrole nitrogens is 1. The van der Waals surface area contributed by atoms with E-state index in [1.165, 1.54) is 0 Å². The molecule has 1 aromatic heterocycles. The van der Waals surface area contributed by atoms with Crippen LogP contribution in [0.5, 0.6) is 0 Å². The van der Waals surface area contributed by atoms with Crippen LogP contribution in [0, 0.1) is 25.2 Å². The molecule has 24 heavy (non-hydrogen) atoms. The molecule has 0 aliphatic rings. The largest absolute Gasteiger partial charge is 0.358 e. The van der Waals surface area contributed by atoms with E-state index in [-0.39, 0.29) is 12.5 Å². The van der Waals surface area contributed by atoms with Crippen molar-refractivity contribution in [1.29, 1.82) is 5.26 Å². The predicted molar refractivity (Wildman–Crippen MR) is 94.6 cm³/mol. The van der Waals surface area contributed by atoms with Crippen LogP contribution in [0.4, 0.5) is 0 Å². The highest BCUT2D eigenvalue weighted by Gasteiger charge is 2.17. The number of carbonyl (C=O) groups excluding carboxylic acids is 1. The minimum Gasteiger partial charge on any atom is -0.358 e. The van der Waals surface area contributed by atoms with Crippen LogP contribution in [0.2, 0.25) is 0 Å². The second-order valence-corrected chi connectivity index (χ2v) is 5.94. The number of nitriles is 1. The zero-order valence-electron chi connectivity index (χ0n) is 13.8. The van der Waals surface area contributed by atoms with Gasteiger partial charge < -0.3 is 9.88 Å². The molecule has 0 saturated carbocycles. The first-order valence-corrected chi connectivity index (χ1v) is 7.89. The maximum absolute atomic E-state index is 12.9. The van der Waals surface area contributed by atoms with E-state index < -0.39 is 0 Å². The molecular formula is C20H19N3O. The number of nitrogens with one attached hydrogen (secondary N) is 1. The van der Waals surface area contributed by atoms with Crippen molar-refractivity contribution in [2.75, 3.05) is 6.54 Å². The van der Waals surface area contributed by atoms with Gasteiger partial charge in [0.05, 0.1) is 6.07 Å². The molecule has 4 heteroatoms. The molecule has 0 radical (unpaired) electrons. The molecule has 1 N–H and O–H groups in total. The Morgan fingerprint density at radius 3 is 2.62 bits per heavy atom. The third-order valence-electron chi connectivity index (χ3n) is 4.32. The summed E-state index contributed by atoms with van der Waals surface area (Å²) in [5.41, 5.74) is 4.89. The van der Waals surface area contributed by atoms with Crippen molar-refractivity contribution in [3.05, 3.63) is 70.9 Å². The summed E-state index contributed by atoms with van der Waals surface area (Å²) in [4.78, 5) is 17.8. The minimum atomic E-state index is -0.124. The molecule has 1 heterocycles. The van der Waals surface area contributed by atoms with Gasteiger partial charge in [-0.3, -0.25) is 4.79 Å². The summed E-state index contributed by atoms with van der Waals surface area (Å²) >= 11 is 0. The average Bonchev–Trinajstić information content (AvgIpc) is 2.89. The Labute approximate surface area is 141 Å². The van der Waals surface area contributed by atoms with Gasteiger partial charge >= 0.3 is 0 Å². The van der Waals surface area contributed by atoms with E-state index in [1.807, 2.05) is 62.4 Å². The fourth-order valence-corrected chi connectivity index (χ4v) is 2.87. The molecule has 0 atom stereocenters. The second-order valence-electron chi connectivity index (χ2n) is 5.94. The first-order chi connectivity index (χ1) is 11.6. The summed E-state index contributed by atoms with van der Waals surface area (Å²) in [5, 5.41) is 10.1. The Morgan fingerprint density at radius 1 is 1.17 bits per heavy atom. The van der Waals surface area contributed by atoms with Gasteiger partial charge in [-0.05, 0) is 43.2 Å². The van der Waals surface area contributed by atoms with E-state index in [9.17, 15) is 4.79 Å². The van der Waals surface area contributed by atoms with E-state index in [0.29, 0.717) is 12.1 Å². The number of aromatic nitrogens is 1. The molecule has 4 nitrogen and oxygen atoms in total. The van der Waals surface area contributed by atoms with Crippen LogP contribution in [0.1, 0.15) is 27.2 Å². The molecular weight excluding hydrogens is 298 g/mol. The lowest BCUT2D eigenvalue weighted by molar-refractivity contribution is 0.0765. The van der Waals surface area contributed by atoms with E-state index >= 15 is 0 Å². The van der Waals surface area contributed by atoms with Gasteiger partial charge in [-0.2, -0.15) is 5.26 Å². The number of nitrogens with zero attached hydrogens (tertiary/aromatic N) is 2. The molecule has 3 rings (SSSR count). The number of amides is 1. The fraction of sp³-hybridized carbons (Fsp3) is 0.200. The summed E-state index contributed by atoms with van der Waals surface area (Å²) in [5.74, 6) is -0.124. The Hall–Kier alpha value is -3.06. The third-order valence-corrected chi connectivity index (χ3v) is 4.32. The van der Waals surface area contributed by atoms with Crippen LogP contribution in [-0.4, -0.2) is 22.3 Å². The Balaban J connectivity index is 1.92. The number of benzene rings is 2. The maximum atomic E-state index is 12.9. The SMILES string of the molecule is Cc1[nH]c2ccc(C(=O)N(CC#N)Cc3ccccc3)cc2c1C. The zero-order chi connectivity index (χ0) is 17.1. The number of hydrogen-bond acceptors (Lipinski definition) is 2. The Bertz CT molecular complexity index is 919. The number of fused-ring (bicyclic) bond motifs is 1. The summed E-state index contributed by atoms with van der Waals surface area (Å²) in [7, 11) is 0. The van der Waals surface area contributed by atoms with E-state index in [1.54, 1.807) is 4.90 Å². The lowest BCUT2D eigenvalue weighted by atomic mass is 10.1. The Kier molecular flexibility index (Phi) is 4.35. The first kappa shape index (κ1) is 15.8. The van der Waals surface area contributed by atoms with Crippen molar-refractivity contribution < 1.29 is 4.79 Å². The maximum Gasteiger partial charge on any atom is 0.255 e. The molecule has 1 amide bonds. The number of aromatic amines is 1. The van der Waals surface area contributed by atoms with Gasteiger partial charge in [0.1, 0.15) is 6.54 Å². The van der Waals surface area contributed by atoms with E-state index in [4.69, 9.17) is 5.26 Å². The van der Waals surface area contributed by atoms with Gasteiger partial charge in [-0.1, -0.05) is 30.3 Å². The van der Waals surface area contributed by atoms with Crippen LogP contribution in [-0.2, 0) is 6.54 Å². The van der Waals surface area contributed by atoms with Crippen molar-refractivity contribution >= 4 is 16.8 Å². The third kappa shape index (κ3) is 3.02. The van der Waals surface area contributed by atoms with Crippen LogP contribution >= 0.6 is 0 Å². The quantitative estimate of drug-likeness (QED) is 0.741.